The van der Waals surface area contributed by atoms with Crippen LogP contribution in [0.2, 0.25) is 0 Å². The second-order valence-corrected chi connectivity index (χ2v) is 5.78. The maximum atomic E-state index is 11.6. The largest absolute Gasteiger partial charge is 0.431 e. The first-order valence-corrected chi connectivity index (χ1v) is 7.31. The molecule has 1 aliphatic rings. The minimum atomic E-state index is 0.228. The maximum Gasteiger partial charge on any atom is 0.279 e. The molecule has 0 aliphatic heterocycles. The van der Waals surface area contributed by atoms with Gasteiger partial charge in [0, 0.05) is 12.0 Å². The Morgan fingerprint density at radius 2 is 2.00 bits per heavy atom. The number of nitrogens with zero attached hydrogens (tertiary/aromatic N) is 1. The van der Waals surface area contributed by atoms with Crippen LogP contribution >= 0.6 is 11.3 Å². The lowest BCUT2D eigenvalue weighted by atomic mass is 10.1. The van der Waals surface area contributed by atoms with Crippen molar-refractivity contribution in [2.45, 2.75) is 12.8 Å². The first-order valence-electron chi connectivity index (χ1n) is 6.49. The molecular formula is C16H11NO2S. The molecule has 0 saturated heterocycles. The number of ether oxygens (including phenoxy) is 1. The van der Waals surface area contributed by atoms with Gasteiger partial charge in [0.1, 0.15) is 5.75 Å². The van der Waals surface area contributed by atoms with Crippen molar-refractivity contribution in [3.8, 4) is 10.9 Å². The number of hydrogen-bond acceptors (Lipinski definition) is 4. The smallest absolute Gasteiger partial charge is 0.279 e. The fourth-order valence-electron chi connectivity index (χ4n) is 2.49. The van der Waals surface area contributed by atoms with E-state index in [4.69, 9.17) is 4.74 Å². The lowest BCUT2D eigenvalue weighted by Crippen LogP contribution is -1.91. The Balaban J connectivity index is 1.67. The van der Waals surface area contributed by atoms with Gasteiger partial charge in [-0.25, -0.2) is 4.98 Å². The molecule has 4 heteroatoms. The fraction of sp³-hybridized carbons (Fsp3) is 0.125. The van der Waals surface area contributed by atoms with Gasteiger partial charge in [0.2, 0.25) is 0 Å². The van der Waals surface area contributed by atoms with E-state index < -0.39 is 0 Å². The Kier molecular flexibility index (Phi) is 2.57. The first kappa shape index (κ1) is 11.6. The van der Waals surface area contributed by atoms with Crippen molar-refractivity contribution in [3.05, 3.63) is 53.6 Å². The number of thiazole rings is 1. The fourth-order valence-corrected chi connectivity index (χ4v) is 3.33. The van der Waals surface area contributed by atoms with Crippen molar-refractivity contribution in [1.82, 2.24) is 4.98 Å². The number of Topliss-reactive ketones (excluding diaryl/α,β-unsaturated/α-hetero) is 1. The number of fused-ring (bicyclic) bond motifs is 2. The van der Waals surface area contributed by atoms with E-state index in [1.807, 2.05) is 42.5 Å². The van der Waals surface area contributed by atoms with Crippen LogP contribution in [0.5, 0.6) is 10.9 Å². The number of hydrogen-bond donors (Lipinski definition) is 0. The van der Waals surface area contributed by atoms with Gasteiger partial charge in [-0.1, -0.05) is 23.5 Å². The van der Waals surface area contributed by atoms with Crippen LogP contribution in [0, 0.1) is 0 Å². The summed E-state index contributed by atoms with van der Waals surface area (Å²) in [6, 6.07) is 13.6. The molecule has 0 spiro atoms. The summed E-state index contributed by atoms with van der Waals surface area (Å²) in [5, 5.41) is 0.635. The summed E-state index contributed by atoms with van der Waals surface area (Å²) in [7, 11) is 0. The molecule has 0 fully saturated rings. The molecule has 0 bridgehead atoms. The molecule has 0 saturated carbocycles. The predicted octanol–water partition coefficient (Wildman–Crippen LogP) is 4.22. The second kappa shape index (κ2) is 4.42. The van der Waals surface area contributed by atoms with Crippen LogP contribution < -0.4 is 4.74 Å². The van der Waals surface area contributed by atoms with Crippen LogP contribution in [0.25, 0.3) is 10.2 Å². The quantitative estimate of drug-likeness (QED) is 0.706. The van der Waals surface area contributed by atoms with E-state index in [0.717, 1.165) is 33.5 Å². The van der Waals surface area contributed by atoms with Crippen LogP contribution in [-0.4, -0.2) is 10.8 Å². The van der Waals surface area contributed by atoms with Crippen LogP contribution in [-0.2, 0) is 6.42 Å². The van der Waals surface area contributed by atoms with Crippen LogP contribution in [0.1, 0.15) is 22.3 Å². The van der Waals surface area contributed by atoms with Gasteiger partial charge < -0.3 is 4.74 Å². The molecule has 0 radical (unpaired) electrons. The first-order chi connectivity index (χ1) is 9.79. The van der Waals surface area contributed by atoms with Gasteiger partial charge in [-0.3, -0.25) is 4.79 Å². The normalized spacial score (nSPS) is 13.7. The summed E-state index contributed by atoms with van der Waals surface area (Å²) < 4.78 is 6.93. The van der Waals surface area contributed by atoms with Crippen molar-refractivity contribution < 1.29 is 9.53 Å². The Bertz CT molecular complexity index is 789. The molecule has 2 aromatic carbocycles. The lowest BCUT2D eigenvalue weighted by molar-refractivity contribution is 0.0994. The third-order valence-electron chi connectivity index (χ3n) is 3.48. The van der Waals surface area contributed by atoms with Crippen molar-refractivity contribution >= 4 is 27.3 Å². The molecule has 3 aromatic rings. The number of carbonyl (C=O) groups excluding carboxylic acids is 1. The van der Waals surface area contributed by atoms with E-state index >= 15 is 0 Å². The van der Waals surface area contributed by atoms with Crippen molar-refractivity contribution in [1.29, 1.82) is 0 Å². The SMILES string of the molecule is O=C1CCc2cc(Oc3nc4ccccc4s3)ccc21. The second-order valence-electron chi connectivity index (χ2n) is 4.79. The monoisotopic (exact) mass is 281 g/mol. The highest BCUT2D eigenvalue weighted by molar-refractivity contribution is 7.20. The topological polar surface area (TPSA) is 39.2 Å². The highest BCUT2D eigenvalue weighted by Crippen LogP contribution is 2.33. The van der Waals surface area contributed by atoms with Crippen molar-refractivity contribution in [2.24, 2.45) is 0 Å². The van der Waals surface area contributed by atoms with E-state index in [1.165, 1.54) is 11.3 Å². The highest BCUT2D eigenvalue weighted by Gasteiger charge is 2.19. The number of aryl methyl sites for hydroxylation is 1. The minimum Gasteiger partial charge on any atom is -0.431 e. The number of benzene rings is 2. The summed E-state index contributed by atoms with van der Waals surface area (Å²) in [4.78, 5) is 16.0. The summed E-state index contributed by atoms with van der Waals surface area (Å²) in [5.41, 5.74) is 2.86. The Labute approximate surface area is 119 Å². The van der Waals surface area contributed by atoms with E-state index in [9.17, 15) is 4.79 Å². The minimum absolute atomic E-state index is 0.228. The third-order valence-corrected chi connectivity index (χ3v) is 4.39. The lowest BCUT2D eigenvalue weighted by Gasteiger charge is -2.03. The average molecular weight is 281 g/mol. The van der Waals surface area contributed by atoms with Gasteiger partial charge >= 0.3 is 0 Å². The van der Waals surface area contributed by atoms with Gasteiger partial charge in [0.15, 0.2) is 5.78 Å². The van der Waals surface area contributed by atoms with Gasteiger partial charge in [-0.15, -0.1) is 0 Å². The van der Waals surface area contributed by atoms with E-state index in [1.54, 1.807) is 0 Å². The van der Waals surface area contributed by atoms with Gasteiger partial charge in [0.25, 0.3) is 5.19 Å². The zero-order valence-electron chi connectivity index (χ0n) is 10.6. The van der Waals surface area contributed by atoms with Crippen LogP contribution in [0.15, 0.2) is 42.5 Å². The maximum absolute atomic E-state index is 11.6. The molecule has 0 amide bonds. The van der Waals surface area contributed by atoms with E-state index in [2.05, 4.69) is 4.98 Å². The molecule has 1 aliphatic carbocycles. The summed E-state index contributed by atoms with van der Waals surface area (Å²) >= 11 is 1.53. The number of rotatable bonds is 2. The summed E-state index contributed by atoms with van der Waals surface area (Å²) in [6.45, 7) is 0. The summed E-state index contributed by atoms with van der Waals surface area (Å²) in [6.07, 6.45) is 1.42. The molecule has 20 heavy (non-hydrogen) atoms. The molecule has 3 nitrogen and oxygen atoms in total. The van der Waals surface area contributed by atoms with Gasteiger partial charge in [0.05, 0.1) is 10.2 Å². The molecule has 4 rings (SSSR count). The Morgan fingerprint density at radius 1 is 1.10 bits per heavy atom. The Hall–Kier alpha value is -2.20. The number of aromatic nitrogens is 1. The van der Waals surface area contributed by atoms with Crippen molar-refractivity contribution in [2.75, 3.05) is 0 Å². The third kappa shape index (κ3) is 1.89. The molecule has 0 atom stereocenters. The average Bonchev–Trinajstić information content (AvgIpc) is 3.02. The molecule has 98 valence electrons. The van der Waals surface area contributed by atoms with Crippen LogP contribution in [0.3, 0.4) is 0 Å². The highest BCUT2D eigenvalue weighted by atomic mass is 32.1. The molecule has 0 N–H and O–H groups in total. The van der Waals surface area contributed by atoms with Crippen LogP contribution in [0.4, 0.5) is 0 Å². The molecule has 0 unspecified atom stereocenters. The summed E-state index contributed by atoms with van der Waals surface area (Å²) in [5.74, 6) is 0.976. The zero-order chi connectivity index (χ0) is 13.5. The zero-order valence-corrected chi connectivity index (χ0v) is 11.4. The number of carbonyl (C=O) groups is 1. The van der Waals surface area contributed by atoms with Gasteiger partial charge in [-0.05, 0) is 42.3 Å². The molecule has 1 aromatic heterocycles. The molecular weight excluding hydrogens is 270 g/mol. The van der Waals surface area contributed by atoms with Gasteiger partial charge in [-0.2, -0.15) is 0 Å². The number of ketones is 1. The number of para-hydroxylation sites is 1. The van der Waals surface area contributed by atoms with Crippen molar-refractivity contribution in [3.63, 3.8) is 0 Å². The Morgan fingerprint density at radius 3 is 2.90 bits per heavy atom. The van der Waals surface area contributed by atoms with E-state index in [-0.39, 0.29) is 5.78 Å². The molecule has 1 heterocycles. The predicted molar refractivity (Wildman–Crippen MR) is 78.8 cm³/mol. The van der Waals surface area contributed by atoms with E-state index in [0.29, 0.717) is 11.6 Å². The standard InChI is InChI=1S/C16H11NO2S/c18-14-8-5-10-9-11(6-7-12(10)14)19-16-17-13-3-1-2-4-15(13)20-16/h1-4,6-7,9H,5,8H2.